The summed E-state index contributed by atoms with van der Waals surface area (Å²) in [5.41, 5.74) is 4.66. The van der Waals surface area contributed by atoms with Gasteiger partial charge in [-0.15, -0.1) is 0 Å². The van der Waals surface area contributed by atoms with Crippen LogP contribution in [0.4, 0.5) is 0 Å². The Morgan fingerprint density at radius 3 is 2.25 bits per heavy atom. The molecule has 0 aromatic rings. The predicted octanol–water partition coefficient (Wildman–Crippen LogP) is -0.616. The lowest BCUT2D eigenvalue weighted by Gasteiger charge is -1.98. The van der Waals surface area contributed by atoms with E-state index in [9.17, 15) is 14.4 Å². The zero-order chi connectivity index (χ0) is 9.56. The minimum absolute atomic E-state index is 0.0877. The Kier molecular flexibility index (Phi) is 4.67. The van der Waals surface area contributed by atoms with E-state index in [-0.39, 0.29) is 19.4 Å². The van der Waals surface area contributed by atoms with Gasteiger partial charge in [0.2, 0.25) is 5.78 Å². The first kappa shape index (κ1) is 10.6. The third-order valence-corrected chi connectivity index (χ3v) is 1.14. The van der Waals surface area contributed by atoms with Crippen LogP contribution in [-0.4, -0.2) is 24.3 Å². The Labute approximate surface area is 69.9 Å². The average Bonchev–Trinajstić information content (AvgIpc) is 2.00. The first-order chi connectivity index (χ1) is 5.57. The van der Waals surface area contributed by atoms with Crippen LogP contribution in [0.5, 0.6) is 0 Å². The SMILES string of the molecule is CCOC(=O)CCC(=O)C(N)=O. The summed E-state index contributed by atoms with van der Waals surface area (Å²) in [5.74, 6) is -2.26. The Bertz CT molecular complexity index is 200. The minimum atomic E-state index is -1.01. The number of hydrogen-bond acceptors (Lipinski definition) is 4. The zero-order valence-electron chi connectivity index (χ0n) is 6.83. The summed E-state index contributed by atoms with van der Waals surface area (Å²) in [7, 11) is 0. The molecule has 0 aliphatic rings. The lowest BCUT2D eigenvalue weighted by molar-refractivity contribution is -0.145. The highest BCUT2D eigenvalue weighted by Crippen LogP contribution is 1.93. The van der Waals surface area contributed by atoms with E-state index in [2.05, 4.69) is 10.5 Å². The Morgan fingerprint density at radius 1 is 1.25 bits per heavy atom. The third-order valence-electron chi connectivity index (χ3n) is 1.14. The van der Waals surface area contributed by atoms with E-state index in [4.69, 9.17) is 0 Å². The van der Waals surface area contributed by atoms with Gasteiger partial charge < -0.3 is 10.5 Å². The van der Waals surface area contributed by atoms with Crippen molar-refractivity contribution in [1.82, 2.24) is 0 Å². The first-order valence-electron chi connectivity index (χ1n) is 3.56. The van der Waals surface area contributed by atoms with Gasteiger partial charge in [-0.3, -0.25) is 14.4 Å². The summed E-state index contributed by atoms with van der Waals surface area (Å²) in [6.07, 6.45) is -0.260. The highest BCUT2D eigenvalue weighted by atomic mass is 16.5. The lowest BCUT2D eigenvalue weighted by Crippen LogP contribution is -2.23. The van der Waals surface area contributed by atoms with Gasteiger partial charge in [0.1, 0.15) is 0 Å². The molecule has 0 spiro atoms. The van der Waals surface area contributed by atoms with Gasteiger partial charge >= 0.3 is 5.97 Å². The van der Waals surface area contributed by atoms with Gasteiger partial charge in [-0.25, -0.2) is 0 Å². The van der Waals surface area contributed by atoms with Gasteiger partial charge in [0, 0.05) is 6.42 Å². The van der Waals surface area contributed by atoms with Gasteiger partial charge in [-0.05, 0) is 6.92 Å². The molecule has 0 unspecified atom stereocenters. The van der Waals surface area contributed by atoms with Crippen molar-refractivity contribution in [3.63, 3.8) is 0 Å². The second kappa shape index (κ2) is 5.29. The molecule has 0 rings (SSSR count). The number of carbonyl (C=O) groups excluding carboxylic acids is 3. The van der Waals surface area contributed by atoms with E-state index in [0.29, 0.717) is 0 Å². The molecule has 5 nitrogen and oxygen atoms in total. The van der Waals surface area contributed by atoms with Crippen molar-refractivity contribution in [2.45, 2.75) is 19.8 Å². The second-order valence-corrected chi connectivity index (χ2v) is 2.09. The molecule has 0 saturated carbocycles. The lowest BCUT2D eigenvalue weighted by atomic mass is 10.2. The highest BCUT2D eigenvalue weighted by molar-refractivity contribution is 6.35. The molecule has 68 valence electrons. The summed E-state index contributed by atoms with van der Waals surface area (Å²) >= 11 is 0. The normalized spacial score (nSPS) is 9.08. The largest absolute Gasteiger partial charge is 0.466 e. The van der Waals surface area contributed by atoms with Gasteiger partial charge in [0.15, 0.2) is 0 Å². The van der Waals surface area contributed by atoms with Crippen molar-refractivity contribution < 1.29 is 19.1 Å². The Morgan fingerprint density at radius 2 is 1.83 bits per heavy atom. The minimum Gasteiger partial charge on any atom is -0.466 e. The van der Waals surface area contributed by atoms with Gasteiger partial charge in [0.25, 0.3) is 5.91 Å². The molecule has 0 aliphatic heterocycles. The number of esters is 1. The number of ether oxygens (including phenoxy) is 1. The van der Waals surface area contributed by atoms with Crippen LogP contribution in [0.15, 0.2) is 0 Å². The fourth-order valence-corrected chi connectivity index (χ4v) is 0.572. The van der Waals surface area contributed by atoms with Crippen LogP contribution in [0.25, 0.3) is 0 Å². The van der Waals surface area contributed by atoms with Crippen molar-refractivity contribution in [2.24, 2.45) is 5.73 Å². The molecule has 0 aliphatic carbocycles. The first-order valence-corrected chi connectivity index (χ1v) is 3.56. The van der Waals surface area contributed by atoms with Crippen LogP contribution < -0.4 is 5.73 Å². The molecule has 1 amide bonds. The number of amides is 1. The number of ketones is 1. The smallest absolute Gasteiger partial charge is 0.306 e. The van der Waals surface area contributed by atoms with E-state index in [1.165, 1.54) is 0 Å². The fourth-order valence-electron chi connectivity index (χ4n) is 0.572. The zero-order valence-corrected chi connectivity index (χ0v) is 6.83. The molecule has 0 fully saturated rings. The Hall–Kier alpha value is -1.39. The number of primary amides is 1. The van der Waals surface area contributed by atoms with E-state index in [1.54, 1.807) is 6.92 Å². The molecule has 0 radical (unpaired) electrons. The van der Waals surface area contributed by atoms with Crippen molar-refractivity contribution in [2.75, 3.05) is 6.61 Å². The summed E-state index contributed by atoms with van der Waals surface area (Å²) in [6, 6.07) is 0. The molecular formula is C7H11NO4. The standard InChI is InChI=1S/C7H11NO4/c1-2-12-6(10)4-3-5(9)7(8)11/h2-4H2,1H3,(H2,8,11). The fraction of sp³-hybridized carbons (Fsp3) is 0.571. The van der Waals surface area contributed by atoms with Gasteiger partial charge in [-0.2, -0.15) is 0 Å². The third kappa shape index (κ3) is 4.43. The topological polar surface area (TPSA) is 86.5 Å². The van der Waals surface area contributed by atoms with Crippen LogP contribution in [0.3, 0.4) is 0 Å². The number of carbonyl (C=O) groups is 3. The number of rotatable bonds is 5. The second-order valence-electron chi connectivity index (χ2n) is 2.09. The van der Waals surface area contributed by atoms with Crippen LogP contribution in [0.1, 0.15) is 19.8 Å². The van der Waals surface area contributed by atoms with E-state index in [1.807, 2.05) is 0 Å². The van der Waals surface area contributed by atoms with Crippen molar-refractivity contribution >= 4 is 17.7 Å². The Balaban J connectivity index is 3.61. The van der Waals surface area contributed by atoms with Crippen LogP contribution >= 0.6 is 0 Å². The number of hydrogen-bond donors (Lipinski definition) is 1. The van der Waals surface area contributed by atoms with Crippen molar-refractivity contribution in [3.8, 4) is 0 Å². The molecular weight excluding hydrogens is 162 g/mol. The van der Waals surface area contributed by atoms with E-state index in [0.717, 1.165) is 0 Å². The molecule has 2 N–H and O–H groups in total. The van der Waals surface area contributed by atoms with Crippen LogP contribution in [-0.2, 0) is 19.1 Å². The monoisotopic (exact) mass is 173 g/mol. The van der Waals surface area contributed by atoms with Gasteiger partial charge in [0.05, 0.1) is 13.0 Å². The van der Waals surface area contributed by atoms with E-state index < -0.39 is 17.7 Å². The average molecular weight is 173 g/mol. The maximum Gasteiger partial charge on any atom is 0.306 e. The maximum atomic E-state index is 10.6. The van der Waals surface area contributed by atoms with Crippen molar-refractivity contribution in [3.05, 3.63) is 0 Å². The molecule has 0 heterocycles. The quantitative estimate of drug-likeness (QED) is 0.443. The predicted molar refractivity (Wildman–Crippen MR) is 40.1 cm³/mol. The molecule has 0 saturated heterocycles. The molecule has 0 bridgehead atoms. The summed E-state index contributed by atoms with van der Waals surface area (Å²) in [4.78, 5) is 31.4. The molecule has 0 aromatic carbocycles. The van der Waals surface area contributed by atoms with E-state index >= 15 is 0 Å². The van der Waals surface area contributed by atoms with Crippen LogP contribution in [0.2, 0.25) is 0 Å². The molecule has 0 aromatic heterocycles. The number of Topliss-reactive ketones (excluding diaryl/α,β-unsaturated/α-hetero) is 1. The summed E-state index contributed by atoms with van der Waals surface area (Å²) in [5, 5.41) is 0. The van der Waals surface area contributed by atoms with Crippen LogP contribution in [0, 0.1) is 0 Å². The van der Waals surface area contributed by atoms with Gasteiger partial charge in [-0.1, -0.05) is 0 Å². The molecule has 5 heteroatoms. The maximum absolute atomic E-state index is 10.6. The summed E-state index contributed by atoms with van der Waals surface area (Å²) < 4.78 is 4.53. The highest BCUT2D eigenvalue weighted by Gasteiger charge is 2.11. The number of nitrogens with two attached hydrogens (primary N) is 1. The van der Waals surface area contributed by atoms with Crippen molar-refractivity contribution in [1.29, 1.82) is 0 Å². The molecule has 0 atom stereocenters. The summed E-state index contributed by atoms with van der Waals surface area (Å²) in [6.45, 7) is 1.93. The molecule has 12 heavy (non-hydrogen) atoms.